The number of benzene rings is 7. The van der Waals surface area contributed by atoms with Crippen LogP contribution in [0.2, 0.25) is 0 Å². The maximum atomic E-state index is 2.47. The van der Waals surface area contributed by atoms with Crippen LogP contribution in [0.4, 0.5) is 17.1 Å². The molecule has 10 rings (SSSR count). The van der Waals surface area contributed by atoms with E-state index in [9.17, 15) is 0 Å². The van der Waals surface area contributed by atoms with Crippen molar-refractivity contribution in [3.8, 4) is 33.4 Å². The standard InChI is InChI=1S/C50H37N/c1-34-22-24-36(25-23-34)38-28-32-40(33-29-38)51(39-30-26-37(27-31-39)35-12-3-2-4-13-35)48-21-11-20-47-49(48)43-16-7-10-19-46(43)50(47)44-17-8-5-14-41(44)42-15-6-9-18-45(42)50/h2-22,24-34H,23H2,1H3. The Labute approximate surface area is 300 Å². The van der Waals surface area contributed by atoms with Crippen LogP contribution >= 0.6 is 0 Å². The maximum absolute atomic E-state index is 2.47. The highest BCUT2D eigenvalue weighted by atomic mass is 15.1. The molecule has 1 unspecified atom stereocenters. The zero-order valence-corrected chi connectivity index (χ0v) is 28.6. The minimum Gasteiger partial charge on any atom is -0.310 e. The molecule has 0 radical (unpaired) electrons. The van der Waals surface area contributed by atoms with Crippen LogP contribution < -0.4 is 4.90 Å². The van der Waals surface area contributed by atoms with E-state index < -0.39 is 5.41 Å². The van der Waals surface area contributed by atoms with Crippen LogP contribution in [0.1, 0.15) is 41.2 Å². The van der Waals surface area contributed by atoms with E-state index in [1.54, 1.807) is 0 Å². The predicted octanol–water partition coefficient (Wildman–Crippen LogP) is 13.1. The fourth-order valence-electron chi connectivity index (χ4n) is 8.92. The van der Waals surface area contributed by atoms with Gasteiger partial charge in [-0.1, -0.05) is 165 Å². The van der Waals surface area contributed by atoms with Gasteiger partial charge in [0.05, 0.1) is 11.1 Å². The molecule has 0 aliphatic heterocycles. The molecule has 0 N–H and O–H groups in total. The van der Waals surface area contributed by atoms with Gasteiger partial charge in [0.15, 0.2) is 0 Å². The SMILES string of the molecule is CC1C=CC(c2ccc(N(c3ccc(-c4ccccc4)cc3)c3cccc4c3-c3ccccc3C43c4ccccc4-c4ccccc43)cc2)=CC1. The Hall–Kier alpha value is -6.18. The highest BCUT2D eigenvalue weighted by Crippen LogP contribution is 2.64. The van der Waals surface area contributed by atoms with E-state index in [1.165, 1.54) is 72.5 Å². The second-order valence-corrected chi connectivity index (χ2v) is 14.1. The van der Waals surface area contributed by atoms with Crippen molar-refractivity contribution in [1.82, 2.24) is 0 Å². The molecule has 0 amide bonds. The number of hydrogen-bond acceptors (Lipinski definition) is 1. The van der Waals surface area contributed by atoms with E-state index in [4.69, 9.17) is 0 Å². The quantitative estimate of drug-likeness (QED) is 0.179. The van der Waals surface area contributed by atoms with Crippen molar-refractivity contribution in [3.63, 3.8) is 0 Å². The first-order valence-electron chi connectivity index (χ1n) is 18.1. The molecule has 1 atom stereocenters. The smallest absolute Gasteiger partial charge is 0.0726 e. The van der Waals surface area contributed by atoms with Crippen LogP contribution in [-0.4, -0.2) is 0 Å². The van der Waals surface area contributed by atoms with Gasteiger partial charge in [-0.25, -0.2) is 0 Å². The molecule has 3 aliphatic rings. The molecule has 0 saturated heterocycles. The molecule has 1 heteroatoms. The van der Waals surface area contributed by atoms with Crippen LogP contribution in [0.25, 0.3) is 39.0 Å². The topological polar surface area (TPSA) is 3.24 Å². The maximum Gasteiger partial charge on any atom is 0.0726 e. The molecule has 7 aromatic rings. The van der Waals surface area contributed by atoms with Crippen molar-refractivity contribution < 1.29 is 0 Å². The highest BCUT2D eigenvalue weighted by molar-refractivity contribution is 6.01. The van der Waals surface area contributed by atoms with Crippen molar-refractivity contribution >= 4 is 22.6 Å². The lowest BCUT2D eigenvalue weighted by Gasteiger charge is -2.32. The molecule has 0 saturated carbocycles. The fraction of sp³-hybridized carbons (Fsp3) is 0.0800. The van der Waals surface area contributed by atoms with E-state index in [1.807, 2.05) is 0 Å². The summed E-state index contributed by atoms with van der Waals surface area (Å²) < 4.78 is 0. The van der Waals surface area contributed by atoms with Gasteiger partial charge in [0.1, 0.15) is 0 Å². The summed E-state index contributed by atoms with van der Waals surface area (Å²) in [6.07, 6.45) is 8.05. The molecular weight excluding hydrogens is 615 g/mol. The minimum absolute atomic E-state index is 0.390. The predicted molar refractivity (Wildman–Crippen MR) is 214 cm³/mol. The molecule has 0 fully saturated rings. The summed E-state index contributed by atoms with van der Waals surface area (Å²) in [5, 5.41) is 0. The van der Waals surface area contributed by atoms with Gasteiger partial charge in [0.25, 0.3) is 0 Å². The first-order chi connectivity index (χ1) is 25.2. The second-order valence-electron chi connectivity index (χ2n) is 14.1. The number of nitrogens with zero attached hydrogens (tertiary/aromatic N) is 1. The molecule has 7 aromatic carbocycles. The summed E-state index contributed by atoms with van der Waals surface area (Å²) in [5.41, 5.74) is 18.7. The molecule has 0 bridgehead atoms. The van der Waals surface area contributed by atoms with Crippen molar-refractivity contribution in [1.29, 1.82) is 0 Å². The van der Waals surface area contributed by atoms with E-state index in [0.29, 0.717) is 5.92 Å². The third kappa shape index (κ3) is 4.48. The summed E-state index contributed by atoms with van der Waals surface area (Å²) in [7, 11) is 0. The molecule has 3 aliphatic carbocycles. The Morgan fingerprint density at radius 3 is 1.59 bits per heavy atom. The largest absolute Gasteiger partial charge is 0.310 e. The lowest BCUT2D eigenvalue weighted by Crippen LogP contribution is -2.26. The molecule has 0 heterocycles. The molecular formula is C50H37N. The van der Waals surface area contributed by atoms with Gasteiger partial charge in [-0.2, -0.15) is 0 Å². The number of anilines is 3. The van der Waals surface area contributed by atoms with Crippen molar-refractivity contribution in [3.05, 3.63) is 216 Å². The molecule has 242 valence electrons. The van der Waals surface area contributed by atoms with Gasteiger partial charge in [-0.15, -0.1) is 0 Å². The fourth-order valence-corrected chi connectivity index (χ4v) is 8.92. The number of rotatable bonds is 5. The van der Waals surface area contributed by atoms with Crippen molar-refractivity contribution in [2.45, 2.75) is 18.8 Å². The lowest BCUT2D eigenvalue weighted by molar-refractivity contribution is 0.739. The summed E-state index contributed by atoms with van der Waals surface area (Å²) in [5.74, 6) is 0.590. The first kappa shape index (κ1) is 29.7. The summed E-state index contributed by atoms with van der Waals surface area (Å²) in [6.45, 7) is 2.27. The van der Waals surface area contributed by atoms with Crippen molar-refractivity contribution in [2.24, 2.45) is 5.92 Å². The van der Waals surface area contributed by atoms with Crippen LogP contribution in [0.15, 0.2) is 188 Å². The lowest BCUT2D eigenvalue weighted by atomic mass is 9.70. The van der Waals surface area contributed by atoms with Gasteiger partial charge in [-0.05, 0) is 104 Å². The van der Waals surface area contributed by atoms with E-state index in [2.05, 4.69) is 200 Å². The Kier molecular flexibility index (Phi) is 6.82. The number of fused-ring (bicyclic) bond motifs is 10. The van der Waals surface area contributed by atoms with Crippen molar-refractivity contribution in [2.75, 3.05) is 4.90 Å². The summed E-state index contributed by atoms with van der Waals surface area (Å²) >= 11 is 0. The Morgan fingerprint density at radius 1 is 0.471 bits per heavy atom. The third-order valence-corrected chi connectivity index (χ3v) is 11.2. The normalized spacial score (nSPS) is 15.9. The minimum atomic E-state index is -0.390. The van der Waals surface area contributed by atoms with Crippen LogP contribution in [0.5, 0.6) is 0 Å². The van der Waals surface area contributed by atoms with Gasteiger partial charge < -0.3 is 4.90 Å². The van der Waals surface area contributed by atoms with E-state index >= 15 is 0 Å². The van der Waals surface area contributed by atoms with Gasteiger partial charge in [-0.3, -0.25) is 0 Å². The Morgan fingerprint density at radius 2 is 0.980 bits per heavy atom. The monoisotopic (exact) mass is 651 g/mol. The second kappa shape index (κ2) is 11.7. The number of hydrogen-bond donors (Lipinski definition) is 0. The average Bonchev–Trinajstić information content (AvgIpc) is 3.67. The van der Waals surface area contributed by atoms with Gasteiger partial charge in [0.2, 0.25) is 0 Å². The zero-order valence-electron chi connectivity index (χ0n) is 28.6. The Bertz CT molecular complexity index is 2450. The van der Waals surface area contributed by atoms with Crippen LogP contribution in [0, 0.1) is 5.92 Å². The van der Waals surface area contributed by atoms with E-state index in [0.717, 1.165) is 17.8 Å². The van der Waals surface area contributed by atoms with Gasteiger partial charge >= 0.3 is 0 Å². The van der Waals surface area contributed by atoms with E-state index in [-0.39, 0.29) is 0 Å². The molecule has 51 heavy (non-hydrogen) atoms. The average molecular weight is 652 g/mol. The molecule has 1 nitrogen and oxygen atoms in total. The Balaban J connectivity index is 1.20. The summed E-state index contributed by atoms with van der Waals surface area (Å²) in [6, 6.07) is 63.0. The van der Waals surface area contributed by atoms with Crippen LogP contribution in [0.3, 0.4) is 0 Å². The molecule has 1 spiro atoms. The van der Waals surface area contributed by atoms with Crippen LogP contribution in [-0.2, 0) is 5.41 Å². The first-order valence-corrected chi connectivity index (χ1v) is 18.1. The number of allylic oxidation sites excluding steroid dienone is 4. The third-order valence-electron chi connectivity index (χ3n) is 11.2. The highest BCUT2D eigenvalue weighted by Gasteiger charge is 2.52. The zero-order chi connectivity index (χ0) is 33.9. The summed E-state index contributed by atoms with van der Waals surface area (Å²) in [4.78, 5) is 2.47. The molecule has 0 aromatic heterocycles. The van der Waals surface area contributed by atoms with Gasteiger partial charge in [0, 0.05) is 16.9 Å².